The molecule has 2 aliphatic rings. The lowest BCUT2D eigenvalue weighted by atomic mass is 9.96. The maximum atomic E-state index is 14.0. The Labute approximate surface area is 268 Å². The number of halogens is 1. The van der Waals surface area contributed by atoms with Crippen LogP contribution in [0.15, 0.2) is 65.4 Å². The summed E-state index contributed by atoms with van der Waals surface area (Å²) in [6.45, 7) is 13.4. The highest BCUT2D eigenvalue weighted by molar-refractivity contribution is 9.10. The minimum Gasteiger partial charge on any atom is -0.497 e. The van der Waals surface area contributed by atoms with Crippen LogP contribution in [0.25, 0.3) is 5.57 Å². The summed E-state index contributed by atoms with van der Waals surface area (Å²) >= 11 is 3.49. The monoisotopic (exact) mass is 667 g/mol. The first-order valence-corrected chi connectivity index (χ1v) is 15.5. The third-order valence-electron chi connectivity index (χ3n) is 8.06. The van der Waals surface area contributed by atoms with E-state index in [2.05, 4.69) is 47.0 Å². The Morgan fingerprint density at radius 3 is 2.30 bits per heavy atom. The Kier molecular flexibility index (Phi) is 10.6. The van der Waals surface area contributed by atoms with E-state index in [1.165, 1.54) is 7.11 Å². The summed E-state index contributed by atoms with van der Waals surface area (Å²) in [6.07, 6.45) is 1.22. The lowest BCUT2D eigenvalue weighted by Crippen LogP contribution is -2.53. The van der Waals surface area contributed by atoms with Crippen molar-refractivity contribution in [2.45, 2.75) is 52.9 Å². The molecule has 0 radical (unpaired) electrons. The second-order valence-electron chi connectivity index (χ2n) is 11.7. The number of hydrogen-bond acceptors (Lipinski definition) is 6. The number of methoxy groups -OCH3 is 2. The largest absolute Gasteiger partial charge is 0.497 e. The maximum Gasteiger partial charge on any atom is 0.407 e. The number of hydrogen-bond donors (Lipinski definition) is 2. The number of rotatable bonds is 9. The molecule has 236 valence electrons. The van der Waals surface area contributed by atoms with Gasteiger partial charge in [-0.1, -0.05) is 68.4 Å². The highest BCUT2D eigenvalue weighted by Crippen LogP contribution is 2.30. The zero-order valence-corrected chi connectivity index (χ0v) is 27.8. The van der Waals surface area contributed by atoms with Crippen LogP contribution in [0, 0.1) is 11.8 Å². The number of fused-ring (bicyclic) bond motifs is 1. The zero-order chi connectivity index (χ0) is 32.1. The normalized spacial score (nSPS) is 17.1. The highest BCUT2D eigenvalue weighted by Gasteiger charge is 2.43. The van der Waals surface area contributed by atoms with Gasteiger partial charge in [0.25, 0.3) is 0 Å². The number of carbonyl (C=O) groups excluding carboxylic acids is 3. The number of benzene rings is 2. The van der Waals surface area contributed by atoms with Crippen molar-refractivity contribution in [1.82, 2.24) is 25.3 Å². The van der Waals surface area contributed by atoms with Crippen LogP contribution in [0.5, 0.6) is 5.75 Å². The number of ether oxygens (including phenoxy) is 2. The van der Waals surface area contributed by atoms with E-state index in [0.29, 0.717) is 18.8 Å². The Hall–Kier alpha value is -3.99. The Morgan fingerprint density at radius 1 is 1.00 bits per heavy atom. The van der Waals surface area contributed by atoms with Gasteiger partial charge in [0.1, 0.15) is 11.8 Å². The third-order valence-corrected chi connectivity index (χ3v) is 8.59. The van der Waals surface area contributed by atoms with Gasteiger partial charge < -0.3 is 34.8 Å². The van der Waals surface area contributed by atoms with Crippen LogP contribution in [0.4, 0.5) is 9.59 Å². The Morgan fingerprint density at radius 2 is 1.68 bits per heavy atom. The number of amides is 4. The van der Waals surface area contributed by atoms with Gasteiger partial charge in [-0.3, -0.25) is 4.79 Å². The molecule has 0 saturated carbocycles. The molecule has 10 nitrogen and oxygen atoms in total. The van der Waals surface area contributed by atoms with Crippen LogP contribution in [-0.2, 0) is 22.6 Å². The molecule has 0 bridgehead atoms. The van der Waals surface area contributed by atoms with Crippen LogP contribution in [-0.4, -0.2) is 72.2 Å². The number of urea groups is 1. The summed E-state index contributed by atoms with van der Waals surface area (Å²) in [7, 11) is 2.88. The number of nitrogens with one attached hydrogen (secondary N) is 2. The van der Waals surface area contributed by atoms with E-state index in [1.807, 2.05) is 62.5 Å². The second kappa shape index (κ2) is 14.2. The van der Waals surface area contributed by atoms with Gasteiger partial charge >= 0.3 is 12.1 Å². The first-order valence-electron chi connectivity index (χ1n) is 14.7. The average molecular weight is 669 g/mol. The molecule has 0 spiro atoms. The van der Waals surface area contributed by atoms with E-state index in [0.717, 1.165) is 32.5 Å². The van der Waals surface area contributed by atoms with E-state index in [9.17, 15) is 14.4 Å². The fourth-order valence-corrected chi connectivity index (χ4v) is 5.78. The summed E-state index contributed by atoms with van der Waals surface area (Å²) < 4.78 is 11.1. The van der Waals surface area contributed by atoms with Gasteiger partial charge in [-0.15, -0.1) is 0 Å². The highest BCUT2D eigenvalue weighted by atomic mass is 79.9. The minimum absolute atomic E-state index is 0.0543. The SMILES string of the molecule is C=C(N/C=C(/c1ccc(Br)cc1)C(C)C)C1CN(C(=O)N2Cc3ccc(OC)cc3C2)CN1C(=O)C(NC(=O)OC)C(C)C. The maximum absolute atomic E-state index is 14.0. The van der Waals surface area contributed by atoms with Gasteiger partial charge in [-0.05, 0) is 58.4 Å². The second-order valence-corrected chi connectivity index (χ2v) is 12.7. The van der Waals surface area contributed by atoms with Gasteiger partial charge in [0.05, 0.1) is 33.5 Å². The molecule has 11 heteroatoms. The minimum atomic E-state index is -0.846. The standard InChI is InChI=1S/C33H42BrN5O5/c1-20(2)28(23-8-11-26(34)12-9-23)15-35-22(5)29-18-38(19-39(29)31(40)30(21(3)4)36-32(41)44-7)33(42)37-16-24-10-13-27(43-6)14-25(24)17-37/h8-15,20-21,29-30,35H,5,16-19H2,1-4,6-7H3,(H,36,41)/b28-15+. The molecule has 2 unspecified atom stereocenters. The van der Waals surface area contributed by atoms with Crippen LogP contribution in [0.2, 0.25) is 0 Å². The molecule has 2 aliphatic heterocycles. The van der Waals surface area contributed by atoms with Crippen molar-refractivity contribution in [2.24, 2.45) is 11.8 Å². The van der Waals surface area contributed by atoms with Crippen LogP contribution in [0.1, 0.15) is 44.4 Å². The molecule has 0 aromatic heterocycles. The van der Waals surface area contributed by atoms with Crippen LogP contribution in [0.3, 0.4) is 0 Å². The summed E-state index contributed by atoms with van der Waals surface area (Å²) in [5, 5.41) is 6.01. The zero-order valence-electron chi connectivity index (χ0n) is 26.2. The number of allylic oxidation sites excluding steroid dienone is 1. The van der Waals surface area contributed by atoms with Gasteiger partial charge in [0, 0.05) is 29.5 Å². The fraction of sp³-hybridized carbons (Fsp3) is 0.424. The quantitative estimate of drug-likeness (QED) is 0.364. The smallest absolute Gasteiger partial charge is 0.407 e. The van der Waals surface area contributed by atoms with Crippen LogP contribution >= 0.6 is 15.9 Å². The van der Waals surface area contributed by atoms with E-state index >= 15 is 0 Å². The van der Waals surface area contributed by atoms with Gasteiger partial charge in [-0.25, -0.2) is 9.59 Å². The van der Waals surface area contributed by atoms with Crippen molar-refractivity contribution in [3.05, 3.63) is 82.1 Å². The molecule has 0 aliphatic carbocycles. The van der Waals surface area contributed by atoms with E-state index in [1.54, 1.807) is 21.8 Å². The average Bonchev–Trinajstić information content (AvgIpc) is 3.64. The summed E-state index contributed by atoms with van der Waals surface area (Å²) in [6, 6.07) is 12.3. The fourth-order valence-electron chi connectivity index (χ4n) is 5.51. The number of carbonyl (C=O) groups is 3. The lowest BCUT2D eigenvalue weighted by Gasteiger charge is -2.31. The third kappa shape index (κ3) is 7.38. The van der Waals surface area contributed by atoms with E-state index < -0.39 is 18.2 Å². The van der Waals surface area contributed by atoms with E-state index in [4.69, 9.17) is 9.47 Å². The molecule has 4 rings (SSSR count). The van der Waals surface area contributed by atoms with Crippen LogP contribution < -0.4 is 15.4 Å². The number of alkyl carbamates (subject to hydrolysis) is 1. The van der Waals surface area contributed by atoms with Gasteiger partial charge in [-0.2, -0.15) is 0 Å². The van der Waals surface area contributed by atoms with Crippen molar-refractivity contribution in [2.75, 3.05) is 27.4 Å². The van der Waals surface area contributed by atoms with Crippen molar-refractivity contribution < 1.29 is 23.9 Å². The van der Waals surface area contributed by atoms with Gasteiger partial charge in [0.15, 0.2) is 0 Å². The molecule has 44 heavy (non-hydrogen) atoms. The summed E-state index contributed by atoms with van der Waals surface area (Å²) in [5.74, 6) is 0.416. The van der Waals surface area contributed by atoms with Gasteiger partial charge in [0.2, 0.25) is 5.91 Å². The van der Waals surface area contributed by atoms with Crippen molar-refractivity contribution in [3.8, 4) is 5.75 Å². The first kappa shape index (κ1) is 32.9. The topological polar surface area (TPSA) is 103 Å². The Bertz CT molecular complexity index is 1420. The lowest BCUT2D eigenvalue weighted by molar-refractivity contribution is -0.135. The molecule has 2 aromatic carbocycles. The molecular formula is C33H42BrN5O5. The molecule has 1 fully saturated rings. The molecule has 2 heterocycles. The molecule has 4 amide bonds. The molecule has 1 saturated heterocycles. The summed E-state index contributed by atoms with van der Waals surface area (Å²) in [4.78, 5) is 45.0. The Balaban J connectivity index is 1.59. The molecule has 2 atom stereocenters. The van der Waals surface area contributed by atoms with Crippen molar-refractivity contribution >= 4 is 39.5 Å². The molecular weight excluding hydrogens is 626 g/mol. The van der Waals surface area contributed by atoms with Crippen molar-refractivity contribution in [3.63, 3.8) is 0 Å². The molecule has 2 N–H and O–H groups in total. The molecule has 2 aromatic rings. The summed E-state index contributed by atoms with van der Waals surface area (Å²) in [5.41, 5.74) is 4.80. The first-order chi connectivity index (χ1) is 20.9. The number of nitrogens with zero attached hydrogens (tertiary/aromatic N) is 3. The predicted molar refractivity (Wildman–Crippen MR) is 173 cm³/mol. The van der Waals surface area contributed by atoms with Crippen molar-refractivity contribution in [1.29, 1.82) is 0 Å². The van der Waals surface area contributed by atoms with E-state index in [-0.39, 0.29) is 37.0 Å². The predicted octanol–water partition coefficient (Wildman–Crippen LogP) is 5.54.